The Labute approximate surface area is 103 Å². The number of halogens is 3. The van der Waals surface area contributed by atoms with Crippen molar-refractivity contribution in [1.82, 2.24) is 0 Å². The van der Waals surface area contributed by atoms with Gasteiger partial charge in [-0.15, -0.1) is 0 Å². The molecule has 0 aliphatic carbocycles. The van der Waals surface area contributed by atoms with Crippen LogP contribution in [-0.4, -0.2) is 22.4 Å². The molecule has 0 saturated heterocycles. The predicted octanol–water partition coefficient (Wildman–Crippen LogP) is 1.68. The summed E-state index contributed by atoms with van der Waals surface area (Å²) in [6, 6.07) is 2.65. The van der Waals surface area contributed by atoms with Gasteiger partial charge in [0.1, 0.15) is 5.82 Å². The molecular formula is C12H16F3NO2. The maximum Gasteiger partial charge on any atom is 0.306 e. The molecular weight excluding hydrogens is 247 g/mol. The molecule has 0 aliphatic heterocycles. The lowest BCUT2D eigenvalue weighted by molar-refractivity contribution is -0.197. The van der Waals surface area contributed by atoms with Gasteiger partial charge in [-0.1, -0.05) is 12.1 Å². The van der Waals surface area contributed by atoms with Crippen LogP contribution in [0.2, 0.25) is 0 Å². The average Bonchev–Trinajstić information content (AvgIpc) is 2.28. The van der Waals surface area contributed by atoms with E-state index in [-0.39, 0.29) is 5.56 Å². The standard InChI is InChI=1S/C12H16F3NO2/c1-7(16)8-4-3-5-9(10(8)13)12(14,15)11(2,18)6-17/h3-5,7,17-18H,6,16H2,1-2H3/t7-,11+/m1/s1. The average molecular weight is 263 g/mol. The molecule has 18 heavy (non-hydrogen) atoms. The van der Waals surface area contributed by atoms with E-state index in [0.717, 1.165) is 13.0 Å². The van der Waals surface area contributed by atoms with Gasteiger partial charge in [0, 0.05) is 11.6 Å². The first-order valence-corrected chi connectivity index (χ1v) is 5.40. The van der Waals surface area contributed by atoms with Gasteiger partial charge >= 0.3 is 5.92 Å². The summed E-state index contributed by atoms with van der Waals surface area (Å²) in [5.74, 6) is -5.08. The van der Waals surface area contributed by atoms with Crippen LogP contribution in [0.4, 0.5) is 13.2 Å². The van der Waals surface area contributed by atoms with Crippen molar-refractivity contribution < 1.29 is 23.4 Å². The lowest BCUT2D eigenvalue weighted by atomic mass is 9.90. The van der Waals surface area contributed by atoms with Crippen molar-refractivity contribution in [1.29, 1.82) is 0 Å². The minimum atomic E-state index is -3.92. The molecule has 0 amide bonds. The smallest absolute Gasteiger partial charge is 0.306 e. The zero-order valence-electron chi connectivity index (χ0n) is 10.1. The van der Waals surface area contributed by atoms with Crippen molar-refractivity contribution >= 4 is 0 Å². The van der Waals surface area contributed by atoms with Crippen LogP contribution in [0.3, 0.4) is 0 Å². The maximum absolute atomic E-state index is 13.9. The predicted molar refractivity (Wildman–Crippen MR) is 60.6 cm³/mol. The van der Waals surface area contributed by atoms with Crippen LogP contribution in [0.25, 0.3) is 0 Å². The van der Waals surface area contributed by atoms with Crippen molar-refractivity contribution in [2.45, 2.75) is 31.4 Å². The number of hydrogen-bond donors (Lipinski definition) is 3. The number of benzene rings is 1. The Kier molecular flexibility index (Phi) is 4.05. The minimum Gasteiger partial charge on any atom is -0.393 e. The highest BCUT2D eigenvalue weighted by molar-refractivity contribution is 5.32. The van der Waals surface area contributed by atoms with Crippen LogP contribution in [0.5, 0.6) is 0 Å². The summed E-state index contributed by atoms with van der Waals surface area (Å²) in [5, 5.41) is 18.2. The molecule has 0 saturated carbocycles. The first-order chi connectivity index (χ1) is 8.15. The van der Waals surface area contributed by atoms with Crippen molar-refractivity contribution in [3.8, 4) is 0 Å². The molecule has 0 radical (unpaired) electrons. The fraction of sp³-hybridized carbons (Fsp3) is 0.500. The molecule has 0 spiro atoms. The van der Waals surface area contributed by atoms with E-state index in [1.165, 1.54) is 19.1 Å². The molecule has 0 aromatic heterocycles. The van der Waals surface area contributed by atoms with Gasteiger partial charge in [0.05, 0.1) is 12.2 Å². The van der Waals surface area contributed by atoms with E-state index < -0.39 is 35.6 Å². The third-order valence-corrected chi connectivity index (χ3v) is 2.84. The summed E-state index contributed by atoms with van der Waals surface area (Å²) >= 11 is 0. The van der Waals surface area contributed by atoms with Gasteiger partial charge in [-0.3, -0.25) is 0 Å². The second-order valence-corrected chi connectivity index (χ2v) is 4.50. The molecule has 2 atom stereocenters. The molecule has 3 nitrogen and oxygen atoms in total. The van der Waals surface area contributed by atoms with E-state index in [4.69, 9.17) is 10.8 Å². The second kappa shape index (κ2) is 4.87. The zero-order chi connectivity index (χ0) is 14.1. The zero-order valence-corrected chi connectivity index (χ0v) is 10.1. The van der Waals surface area contributed by atoms with Crippen LogP contribution in [0, 0.1) is 5.82 Å². The van der Waals surface area contributed by atoms with Crippen molar-refractivity contribution in [2.75, 3.05) is 6.61 Å². The summed E-state index contributed by atoms with van der Waals surface area (Å²) in [5.41, 5.74) is 1.68. The van der Waals surface area contributed by atoms with E-state index in [9.17, 15) is 18.3 Å². The minimum absolute atomic E-state index is 0.0686. The molecule has 0 heterocycles. The molecule has 102 valence electrons. The SMILES string of the molecule is C[C@@H](N)c1cccc(C(F)(F)[C@@](C)(O)CO)c1F. The lowest BCUT2D eigenvalue weighted by Gasteiger charge is -2.31. The number of aliphatic hydroxyl groups is 2. The molecule has 6 heteroatoms. The van der Waals surface area contributed by atoms with E-state index in [0.29, 0.717) is 0 Å². The van der Waals surface area contributed by atoms with Gasteiger partial charge in [-0.2, -0.15) is 8.78 Å². The first kappa shape index (κ1) is 14.9. The highest BCUT2D eigenvalue weighted by Gasteiger charge is 2.51. The highest BCUT2D eigenvalue weighted by Crippen LogP contribution is 2.40. The third-order valence-electron chi connectivity index (χ3n) is 2.84. The Morgan fingerprint density at radius 1 is 1.39 bits per heavy atom. The van der Waals surface area contributed by atoms with Crippen LogP contribution in [0.1, 0.15) is 31.0 Å². The van der Waals surface area contributed by atoms with E-state index in [1.807, 2.05) is 0 Å². The number of hydrogen-bond acceptors (Lipinski definition) is 3. The lowest BCUT2D eigenvalue weighted by Crippen LogP contribution is -2.47. The van der Waals surface area contributed by atoms with Crippen LogP contribution >= 0.6 is 0 Å². The summed E-state index contributed by atoms with van der Waals surface area (Å²) in [6.07, 6.45) is 0. The molecule has 0 bridgehead atoms. The Balaban J connectivity index is 3.38. The fourth-order valence-corrected chi connectivity index (χ4v) is 1.53. The van der Waals surface area contributed by atoms with Gasteiger partial charge in [-0.05, 0) is 19.9 Å². The normalized spacial score (nSPS) is 17.3. The Bertz CT molecular complexity index is 433. The molecule has 1 aromatic rings. The van der Waals surface area contributed by atoms with Crippen molar-refractivity contribution in [2.24, 2.45) is 5.73 Å². The van der Waals surface area contributed by atoms with Crippen LogP contribution in [0.15, 0.2) is 18.2 Å². The van der Waals surface area contributed by atoms with Gasteiger partial charge in [0.25, 0.3) is 0 Å². The fourth-order valence-electron chi connectivity index (χ4n) is 1.53. The van der Waals surface area contributed by atoms with E-state index in [1.54, 1.807) is 0 Å². The summed E-state index contributed by atoms with van der Waals surface area (Å²) in [6.45, 7) is 1.01. The number of rotatable bonds is 4. The van der Waals surface area contributed by atoms with E-state index >= 15 is 0 Å². The molecule has 4 N–H and O–H groups in total. The van der Waals surface area contributed by atoms with Crippen molar-refractivity contribution in [3.63, 3.8) is 0 Å². The number of aliphatic hydroxyl groups excluding tert-OH is 1. The molecule has 1 aromatic carbocycles. The second-order valence-electron chi connectivity index (χ2n) is 4.50. The topological polar surface area (TPSA) is 66.5 Å². The Morgan fingerprint density at radius 2 is 1.94 bits per heavy atom. The highest BCUT2D eigenvalue weighted by atomic mass is 19.3. The molecule has 0 aliphatic rings. The molecule has 0 unspecified atom stereocenters. The summed E-state index contributed by atoms with van der Waals surface area (Å²) in [4.78, 5) is 0. The number of alkyl halides is 2. The summed E-state index contributed by atoms with van der Waals surface area (Å²) in [7, 11) is 0. The molecule has 0 fully saturated rings. The Morgan fingerprint density at radius 3 is 2.39 bits per heavy atom. The number of nitrogens with two attached hydrogens (primary N) is 1. The molecule has 1 rings (SSSR count). The van der Waals surface area contributed by atoms with Crippen LogP contribution < -0.4 is 5.73 Å². The van der Waals surface area contributed by atoms with Gasteiger partial charge in [0.2, 0.25) is 0 Å². The van der Waals surface area contributed by atoms with E-state index in [2.05, 4.69) is 0 Å². The van der Waals surface area contributed by atoms with Crippen LogP contribution in [-0.2, 0) is 5.92 Å². The Hall–Kier alpha value is -1.11. The monoisotopic (exact) mass is 263 g/mol. The van der Waals surface area contributed by atoms with Crippen molar-refractivity contribution in [3.05, 3.63) is 35.1 Å². The van der Waals surface area contributed by atoms with Gasteiger partial charge in [-0.25, -0.2) is 4.39 Å². The largest absolute Gasteiger partial charge is 0.393 e. The third kappa shape index (κ3) is 2.36. The maximum atomic E-state index is 13.9. The summed E-state index contributed by atoms with van der Waals surface area (Å²) < 4.78 is 41.8. The first-order valence-electron chi connectivity index (χ1n) is 5.40. The van der Waals surface area contributed by atoms with Gasteiger partial charge in [0.15, 0.2) is 5.60 Å². The van der Waals surface area contributed by atoms with Gasteiger partial charge < -0.3 is 15.9 Å². The quantitative estimate of drug-likeness (QED) is 0.774.